The van der Waals surface area contributed by atoms with Crippen LogP contribution in [0.25, 0.3) is 22.0 Å². The van der Waals surface area contributed by atoms with Crippen molar-refractivity contribution in [1.29, 1.82) is 0 Å². The molecule has 0 amide bonds. The van der Waals surface area contributed by atoms with Crippen LogP contribution in [0.3, 0.4) is 0 Å². The number of aromatic nitrogens is 3. The van der Waals surface area contributed by atoms with Gasteiger partial charge in [0.1, 0.15) is 5.75 Å². The third-order valence-electron chi connectivity index (χ3n) is 6.00. The molecule has 1 aliphatic heterocycles. The summed E-state index contributed by atoms with van der Waals surface area (Å²) in [6.45, 7) is 4.02. The second-order valence-corrected chi connectivity index (χ2v) is 8.58. The first-order chi connectivity index (χ1) is 15.5. The summed E-state index contributed by atoms with van der Waals surface area (Å²) in [5.41, 5.74) is 7.36. The summed E-state index contributed by atoms with van der Waals surface area (Å²) in [5, 5.41) is 4.79. The Balaban J connectivity index is 1.60. The fourth-order valence-electron chi connectivity index (χ4n) is 4.23. The lowest BCUT2D eigenvalue weighted by Crippen LogP contribution is -2.26. The molecule has 0 bridgehead atoms. The van der Waals surface area contributed by atoms with Crippen molar-refractivity contribution in [2.24, 2.45) is 0 Å². The number of nitrogens with zero attached hydrogens (tertiary/aromatic N) is 4. The third kappa shape index (κ3) is 3.76. The predicted octanol–water partition coefficient (Wildman–Crippen LogP) is 5.39. The molecule has 5 rings (SSSR count). The monoisotopic (exact) mass is 445 g/mol. The average molecular weight is 446 g/mol. The smallest absolute Gasteiger partial charge is 0.227 e. The van der Waals surface area contributed by atoms with Crippen molar-refractivity contribution >= 4 is 34.1 Å². The van der Waals surface area contributed by atoms with Crippen LogP contribution in [0.5, 0.6) is 5.75 Å². The van der Waals surface area contributed by atoms with Crippen molar-refractivity contribution in [2.45, 2.75) is 19.9 Å². The normalized spacial score (nSPS) is 13.8. The maximum Gasteiger partial charge on any atom is 0.227 e. The first-order valence-electron chi connectivity index (χ1n) is 10.5. The fraction of sp³-hybridized carbons (Fsp3) is 0.240. The molecule has 4 aromatic rings. The quantitative estimate of drug-likeness (QED) is 0.454. The number of fused-ring (bicyclic) bond motifs is 2. The molecule has 0 saturated carbocycles. The van der Waals surface area contributed by atoms with Crippen LogP contribution < -0.4 is 10.1 Å². The number of ether oxygens (including phenoxy) is 1. The van der Waals surface area contributed by atoms with Crippen LogP contribution in [-0.2, 0) is 13.0 Å². The van der Waals surface area contributed by atoms with Crippen LogP contribution in [0, 0.1) is 6.92 Å². The second kappa shape index (κ2) is 8.37. The third-order valence-corrected chi connectivity index (χ3v) is 6.33. The number of methoxy groups -OCH3 is 1. The Bertz CT molecular complexity index is 1320. The van der Waals surface area contributed by atoms with Gasteiger partial charge in [-0.25, -0.2) is 9.97 Å². The Morgan fingerprint density at radius 2 is 1.97 bits per heavy atom. The van der Waals surface area contributed by atoms with Gasteiger partial charge in [-0.2, -0.15) is 0 Å². The predicted molar refractivity (Wildman–Crippen MR) is 129 cm³/mol. The highest BCUT2D eigenvalue weighted by Gasteiger charge is 2.18. The standard InChI is InChI=1S/C25H24ClN5O/c1-15-6-8-27-12-19(15)18-4-5-21(26)20-13-28-25(30-24(18)20)29-22-10-17-14-31(2)9-7-16(17)11-23(22)32-3/h4-6,8,10-13H,7,9,14H2,1-3H3,(H,28,29,30). The molecular formula is C25H24ClN5O. The van der Waals surface area contributed by atoms with Gasteiger partial charge in [0, 0.05) is 48.2 Å². The number of nitrogens with one attached hydrogen (secondary N) is 1. The number of rotatable bonds is 4. The Kier molecular flexibility index (Phi) is 5.41. The Labute approximate surface area is 192 Å². The zero-order chi connectivity index (χ0) is 22.2. The van der Waals surface area contributed by atoms with E-state index in [0.717, 1.165) is 58.5 Å². The molecule has 7 heteroatoms. The lowest BCUT2D eigenvalue weighted by molar-refractivity contribution is 0.312. The molecule has 0 fully saturated rings. The van der Waals surface area contributed by atoms with E-state index in [1.807, 2.05) is 24.4 Å². The molecule has 0 radical (unpaired) electrons. The maximum absolute atomic E-state index is 6.47. The summed E-state index contributed by atoms with van der Waals surface area (Å²) >= 11 is 6.47. The first-order valence-corrected chi connectivity index (χ1v) is 10.9. The molecule has 0 spiro atoms. The minimum absolute atomic E-state index is 0.491. The fourth-order valence-corrected chi connectivity index (χ4v) is 4.43. The molecule has 32 heavy (non-hydrogen) atoms. The highest BCUT2D eigenvalue weighted by molar-refractivity contribution is 6.35. The van der Waals surface area contributed by atoms with Crippen LogP contribution in [0.2, 0.25) is 5.02 Å². The van der Waals surface area contributed by atoms with Gasteiger partial charge in [-0.05, 0) is 61.3 Å². The van der Waals surface area contributed by atoms with E-state index in [1.165, 1.54) is 11.1 Å². The van der Waals surface area contributed by atoms with E-state index in [9.17, 15) is 0 Å². The summed E-state index contributed by atoms with van der Waals surface area (Å²) in [4.78, 5) is 16.0. The number of anilines is 2. The van der Waals surface area contributed by atoms with E-state index in [-0.39, 0.29) is 0 Å². The zero-order valence-electron chi connectivity index (χ0n) is 18.3. The van der Waals surface area contributed by atoms with Crippen LogP contribution in [-0.4, -0.2) is 40.6 Å². The van der Waals surface area contributed by atoms with Crippen LogP contribution in [0.4, 0.5) is 11.6 Å². The van der Waals surface area contributed by atoms with Gasteiger partial charge in [0.25, 0.3) is 0 Å². The van der Waals surface area contributed by atoms with Gasteiger partial charge in [0.2, 0.25) is 5.95 Å². The van der Waals surface area contributed by atoms with Crippen LogP contribution >= 0.6 is 11.6 Å². The molecule has 0 unspecified atom stereocenters. The number of benzene rings is 2. The van der Waals surface area contributed by atoms with E-state index in [1.54, 1.807) is 19.5 Å². The number of hydrogen-bond acceptors (Lipinski definition) is 6. The van der Waals surface area contributed by atoms with Crippen molar-refractivity contribution < 1.29 is 4.74 Å². The molecule has 0 aliphatic carbocycles. The lowest BCUT2D eigenvalue weighted by Gasteiger charge is -2.26. The SMILES string of the molecule is COc1cc2c(cc1Nc1ncc3c(Cl)ccc(-c4cnccc4C)c3n1)CN(C)CC2. The largest absolute Gasteiger partial charge is 0.495 e. The van der Waals surface area contributed by atoms with E-state index in [2.05, 4.69) is 46.3 Å². The van der Waals surface area contributed by atoms with E-state index >= 15 is 0 Å². The van der Waals surface area contributed by atoms with Crippen molar-refractivity contribution in [3.8, 4) is 16.9 Å². The van der Waals surface area contributed by atoms with Gasteiger partial charge in [-0.1, -0.05) is 17.7 Å². The van der Waals surface area contributed by atoms with Gasteiger partial charge in [0.15, 0.2) is 0 Å². The van der Waals surface area contributed by atoms with Crippen molar-refractivity contribution in [3.63, 3.8) is 0 Å². The van der Waals surface area contributed by atoms with Crippen molar-refractivity contribution in [3.05, 3.63) is 70.6 Å². The van der Waals surface area contributed by atoms with Gasteiger partial charge in [-0.3, -0.25) is 4.98 Å². The minimum Gasteiger partial charge on any atom is -0.495 e. The highest BCUT2D eigenvalue weighted by atomic mass is 35.5. The minimum atomic E-state index is 0.491. The Morgan fingerprint density at radius 3 is 2.78 bits per heavy atom. The maximum atomic E-state index is 6.47. The number of hydrogen-bond donors (Lipinski definition) is 1. The zero-order valence-corrected chi connectivity index (χ0v) is 19.1. The Hall–Kier alpha value is -3.22. The molecule has 1 aliphatic rings. The summed E-state index contributed by atoms with van der Waals surface area (Å²) in [6.07, 6.45) is 6.43. The molecule has 0 atom stereocenters. The molecule has 162 valence electrons. The summed E-state index contributed by atoms with van der Waals surface area (Å²) < 4.78 is 5.66. The van der Waals surface area contributed by atoms with E-state index in [0.29, 0.717) is 11.0 Å². The molecule has 0 saturated heterocycles. The van der Waals surface area contributed by atoms with Gasteiger partial charge in [-0.15, -0.1) is 0 Å². The molecule has 2 aromatic carbocycles. The van der Waals surface area contributed by atoms with Crippen LogP contribution in [0.1, 0.15) is 16.7 Å². The molecule has 2 aromatic heterocycles. The molecule has 6 nitrogen and oxygen atoms in total. The van der Waals surface area contributed by atoms with Gasteiger partial charge in [0.05, 0.1) is 23.3 Å². The van der Waals surface area contributed by atoms with Crippen molar-refractivity contribution in [2.75, 3.05) is 26.0 Å². The second-order valence-electron chi connectivity index (χ2n) is 8.18. The number of aryl methyl sites for hydroxylation is 1. The lowest BCUT2D eigenvalue weighted by atomic mass is 9.99. The van der Waals surface area contributed by atoms with E-state index in [4.69, 9.17) is 21.3 Å². The topological polar surface area (TPSA) is 63.2 Å². The summed E-state index contributed by atoms with van der Waals surface area (Å²) in [7, 11) is 3.82. The molecular weight excluding hydrogens is 422 g/mol. The van der Waals surface area contributed by atoms with Gasteiger partial charge >= 0.3 is 0 Å². The van der Waals surface area contributed by atoms with Crippen LogP contribution in [0.15, 0.2) is 48.9 Å². The number of likely N-dealkylation sites (N-methyl/N-ethyl adjacent to an activating group) is 1. The average Bonchev–Trinajstić information content (AvgIpc) is 2.79. The molecule has 1 N–H and O–H groups in total. The Morgan fingerprint density at radius 1 is 1.09 bits per heavy atom. The van der Waals surface area contributed by atoms with Crippen molar-refractivity contribution in [1.82, 2.24) is 19.9 Å². The summed E-state index contributed by atoms with van der Waals surface area (Å²) in [6, 6.07) is 10.1. The highest BCUT2D eigenvalue weighted by Crippen LogP contribution is 2.36. The van der Waals surface area contributed by atoms with E-state index < -0.39 is 0 Å². The number of halogens is 1. The van der Waals surface area contributed by atoms with Gasteiger partial charge < -0.3 is 15.0 Å². The first kappa shape index (κ1) is 20.7. The summed E-state index contributed by atoms with van der Waals surface area (Å²) in [5.74, 6) is 1.27. The number of pyridine rings is 1. The molecule has 3 heterocycles.